The molecule has 2 aromatic heterocycles. The second-order valence-corrected chi connectivity index (χ2v) is 8.34. The van der Waals surface area contributed by atoms with Crippen LogP contribution < -0.4 is 4.90 Å². The van der Waals surface area contributed by atoms with Crippen LogP contribution in [0.15, 0.2) is 35.0 Å². The Labute approximate surface area is 161 Å². The van der Waals surface area contributed by atoms with E-state index in [0.29, 0.717) is 11.8 Å². The van der Waals surface area contributed by atoms with Gasteiger partial charge < -0.3 is 14.2 Å². The van der Waals surface area contributed by atoms with E-state index in [1.807, 2.05) is 0 Å². The Kier molecular flexibility index (Phi) is 4.17. The first-order valence-electron chi connectivity index (χ1n) is 9.84. The summed E-state index contributed by atoms with van der Waals surface area (Å²) in [4.78, 5) is 9.37. The Bertz CT molecular complexity index is 1040. The molecule has 1 aliphatic rings. The average molecular weight is 364 g/mol. The fraction of sp³-hybridized carbons (Fsp3) is 0.435. The molecule has 3 heterocycles. The summed E-state index contributed by atoms with van der Waals surface area (Å²) in [7, 11) is 2.10. The third-order valence-corrected chi connectivity index (χ3v) is 5.76. The van der Waals surface area contributed by atoms with Crippen molar-refractivity contribution in [2.45, 2.75) is 59.5 Å². The summed E-state index contributed by atoms with van der Waals surface area (Å²) in [5.74, 6) is 0.784. The lowest BCUT2D eigenvalue weighted by Crippen LogP contribution is -2.33. The van der Waals surface area contributed by atoms with Crippen molar-refractivity contribution in [3.63, 3.8) is 0 Å². The Morgan fingerprint density at radius 1 is 1.07 bits per heavy atom. The minimum Gasteiger partial charge on any atom is -0.435 e. The summed E-state index contributed by atoms with van der Waals surface area (Å²) in [5.41, 5.74) is 6.46. The van der Waals surface area contributed by atoms with Crippen LogP contribution in [0, 0.1) is 6.92 Å². The van der Waals surface area contributed by atoms with Crippen LogP contribution in [-0.4, -0.2) is 23.1 Å². The van der Waals surface area contributed by atoms with Crippen molar-refractivity contribution in [3.8, 4) is 0 Å². The van der Waals surface area contributed by atoms with Crippen molar-refractivity contribution in [2.75, 3.05) is 11.9 Å². The topological polar surface area (TPSA) is 32.5 Å². The monoisotopic (exact) mass is 363 g/mol. The van der Waals surface area contributed by atoms with Gasteiger partial charge in [-0.1, -0.05) is 33.8 Å². The number of furan rings is 1. The van der Waals surface area contributed by atoms with Gasteiger partial charge in [0.25, 0.3) is 0 Å². The van der Waals surface area contributed by atoms with Crippen molar-refractivity contribution >= 4 is 27.8 Å². The smallest absolute Gasteiger partial charge is 0.227 e. The summed E-state index contributed by atoms with van der Waals surface area (Å²) >= 11 is 0. The van der Waals surface area contributed by atoms with E-state index in [1.54, 1.807) is 0 Å². The Hall–Kier alpha value is -2.49. The highest BCUT2D eigenvalue weighted by Gasteiger charge is 2.27. The van der Waals surface area contributed by atoms with Crippen LogP contribution in [0.1, 0.15) is 63.3 Å². The SMILES string of the molecule is Cc1ccc2c(oc3nc(C(C)C)cc(C(C)C)c32)c1N1C=CN(C)[C@@H]1C. The first kappa shape index (κ1) is 17.9. The van der Waals surface area contributed by atoms with Gasteiger partial charge in [0, 0.05) is 30.5 Å². The van der Waals surface area contributed by atoms with Crippen LogP contribution in [0.4, 0.5) is 5.69 Å². The van der Waals surface area contributed by atoms with Crippen LogP contribution in [0.5, 0.6) is 0 Å². The van der Waals surface area contributed by atoms with Gasteiger partial charge in [0.1, 0.15) is 6.17 Å². The molecule has 4 heteroatoms. The van der Waals surface area contributed by atoms with E-state index in [-0.39, 0.29) is 6.17 Å². The predicted molar refractivity (Wildman–Crippen MR) is 113 cm³/mol. The lowest BCUT2D eigenvalue weighted by atomic mass is 9.95. The number of rotatable bonds is 3. The van der Waals surface area contributed by atoms with E-state index >= 15 is 0 Å². The van der Waals surface area contributed by atoms with Crippen molar-refractivity contribution in [1.82, 2.24) is 9.88 Å². The normalized spacial score (nSPS) is 17.4. The summed E-state index contributed by atoms with van der Waals surface area (Å²) in [6.45, 7) is 13.2. The minimum atomic E-state index is 0.256. The van der Waals surface area contributed by atoms with Crippen LogP contribution in [0.2, 0.25) is 0 Å². The molecule has 1 atom stereocenters. The van der Waals surface area contributed by atoms with E-state index in [2.05, 4.69) is 89.0 Å². The zero-order valence-corrected chi connectivity index (χ0v) is 17.4. The van der Waals surface area contributed by atoms with Crippen molar-refractivity contribution < 1.29 is 4.42 Å². The molecule has 0 saturated carbocycles. The molecule has 0 aliphatic carbocycles. The molecule has 0 unspecified atom stereocenters. The summed E-state index contributed by atoms with van der Waals surface area (Å²) in [6, 6.07) is 6.65. The van der Waals surface area contributed by atoms with Gasteiger partial charge >= 0.3 is 0 Å². The lowest BCUT2D eigenvalue weighted by Gasteiger charge is -2.28. The highest BCUT2D eigenvalue weighted by molar-refractivity contribution is 6.10. The molecule has 4 rings (SSSR count). The van der Waals surface area contributed by atoms with Gasteiger partial charge in [-0.05, 0) is 48.9 Å². The fourth-order valence-electron chi connectivity index (χ4n) is 3.93. The standard InChI is InChI=1S/C23H29N3O/c1-13(2)18-12-19(14(3)4)24-23-20(18)17-9-8-15(5)21(22(17)27-23)26-11-10-25(7)16(26)6/h8-14,16H,1-7H3/t16-/m0/s1. The van der Waals surface area contributed by atoms with Gasteiger partial charge in [-0.2, -0.15) is 0 Å². The van der Waals surface area contributed by atoms with Gasteiger partial charge in [0.05, 0.1) is 11.1 Å². The number of fused-ring (bicyclic) bond motifs is 3. The number of hydrogen-bond acceptors (Lipinski definition) is 4. The first-order valence-corrected chi connectivity index (χ1v) is 9.84. The molecule has 0 saturated heterocycles. The van der Waals surface area contributed by atoms with E-state index < -0.39 is 0 Å². The molecule has 0 N–H and O–H groups in total. The fourth-order valence-corrected chi connectivity index (χ4v) is 3.93. The maximum atomic E-state index is 6.44. The van der Waals surface area contributed by atoms with Crippen LogP contribution in [-0.2, 0) is 0 Å². The number of aryl methyl sites for hydroxylation is 1. The number of hydrogen-bond donors (Lipinski definition) is 0. The van der Waals surface area contributed by atoms with Crippen LogP contribution in [0.3, 0.4) is 0 Å². The maximum Gasteiger partial charge on any atom is 0.227 e. The van der Waals surface area contributed by atoms with Gasteiger partial charge in [0.15, 0.2) is 5.58 Å². The molecule has 0 fully saturated rings. The van der Waals surface area contributed by atoms with Crippen LogP contribution in [0.25, 0.3) is 22.1 Å². The number of aromatic nitrogens is 1. The van der Waals surface area contributed by atoms with E-state index in [1.165, 1.54) is 11.1 Å². The molecule has 0 bridgehead atoms. The third-order valence-electron chi connectivity index (χ3n) is 5.76. The number of pyridine rings is 1. The molecule has 27 heavy (non-hydrogen) atoms. The van der Waals surface area contributed by atoms with Gasteiger partial charge in [-0.25, -0.2) is 4.98 Å². The third kappa shape index (κ3) is 2.70. The molecule has 0 radical (unpaired) electrons. The quantitative estimate of drug-likeness (QED) is 0.562. The van der Waals surface area contributed by atoms with E-state index in [0.717, 1.165) is 33.5 Å². The van der Waals surface area contributed by atoms with Crippen molar-refractivity contribution in [2.24, 2.45) is 0 Å². The second-order valence-electron chi connectivity index (χ2n) is 8.34. The molecular weight excluding hydrogens is 334 g/mol. The second kappa shape index (κ2) is 6.29. The molecule has 142 valence electrons. The summed E-state index contributed by atoms with van der Waals surface area (Å²) in [6.07, 6.45) is 4.50. The van der Waals surface area contributed by atoms with Crippen molar-refractivity contribution in [1.29, 1.82) is 0 Å². The zero-order chi connectivity index (χ0) is 19.5. The Balaban J connectivity index is 2.06. The molecule has 1 aliphatic heterocycles. The predicted octanol–water partition coefficient (Wildman–Crippen LogP) is 6.11. The zero-order valence-electron chi connectivity index (χ0n) is 17.4. The number of benzene rings is 1. The number of nitrogens with zero attached hydrogens (tertiary/aromatic N) is 3. The van der Waals surface area contributed by atoms with E-state index in [9.17, 15) is 0 Å². The molecule has 3 aromatic rings. The van der Waals surface area contributed by atoms with Crippen molar-refractivity contribution in [3.05, 3.63) is 47.4 Å². The Morgan fingerprint density at radius 2 is 1.81 bits per heavy atom. The first-order chi connectivity index (χ1) is 12.8. The summed E-state index contributed by atoms with van der Waals surface area (Å²) in [5, 5.41) is 2.32. The largest absolute Gasteiger partial charge is 0.435 e. The summed E-state index contributed by atoms with van der Waals surface area (Å²) < 4.78 is 6.44. The average Bonchev–Trinajstić information content (AvgIpc) is 3.14. The van der Waals surface area contributed by atoms with Gasteiger partial charge in [-0.15, -0.1) is 0 Å². The minimum absolute atomic E-state index is 0.256. The lowest BCUT2D eigenvalue weighted by molar-refractivity contribution is 0.383. The maximum absolute atomic E-state index is 6.44. The molecule has 4 nitrogen and oxygen atoms in total. The van der Waals surface area contributed by atoms with Gasteiger partial charge in [0.2, 0.25) is 5.71 Å². The van der Waals surface area contributed by atoms with Crippen LogP contribution >= 0.6 is 0 Å². The molecule has 0 amide bonds. The molecule has 0 spiro atoms. The molecule has 1 aromatic carbocycles. The number of anilines is 1. The highest BCUT2D eigenvalue weighted by atomic mass is 16.3. The Morgan fingerprint density at radius 3 is 2.41 bits per heavy atom. The highest BCUT2D eigenvalue weighted by Crippen LogP contribution is 2.42. The molecular formula is C23H29N3O. The van der Waals surface area contributed by atoms with Gasteiger partial charge in [-0.3, -0.25) is 0 Å². The van der Waals surface area contributed by atoms with E-state index in [4.69, 9.17) is 9.40 Å².